The maximum Gasteiger partial charge on any atom is 0.408 e. The number of ether oxygens (including phenoxy) is 3. The Bertz CT molecular complexity index is 842. The minimum atomic E-state index is -0.930. The Balaban J connectivity index is 1.78. The number of alkyl carbamates (subject to hydrolysis) is 1. The van der Waals surface area contributed by atoms with Gasteiger partial charge in [-0.2, -0.15) is 0 Å². The molecule has 0 unspecified atom stereocenters. The number of rotatable bonds is 11. The van der Waals surface area contributed by atoms with Gasteiger partial charge < -0.3 is 19.5 Å². The molecule has 34 heavy (non-hydrogen) atoms. The van der Waals surface area contributed by atoms with E-state index in [0.29, 0.717) is 23.8 Å². The van der Waals surface area contributed by atoms with E-state index in [1.165, 1.54) is 18.9 Å². The standard InChI is InChI=1S/C25H30NO7S/c1-25(2,3)33-24(30)26-20(23(29)31-4)15-17-9-11-19(12-10-17)32-22(28)16-34-14-13-21(27)18-7-5-6-8-18/h5-12,20H,13-16H2,1-4H3,(H,26,30)/t20-/m0/s1. The Morgan fingerprint density at radius 1 is 1.03 bits per heavy atom. The van der Waals surface area contributed by atoms with Gasteiger partial charge in [-0.05, 0) is 64.2 Å². The molecule has 0 heterocycles. The molecule has 9 heteroatoms. The van der Waals surface area contributed by atoms with E-state index in [9.17, 15) is 19.2 Å². The van der Waals surface area contributed by atoms with Crippen molar-refractivity contribution in [1.82, 2.24) is 5.32 Å². The maximum atomic E-state index is 12.1. The van der Waals surface area contributed by atoms with Crippen molar-refractivity contribution in [2.45, 2.75) is 45.3 Å². The van der Waals surface area contributed by atoms with E-state index >= 15 is 0 Å². The van der Waals surface area contributed by atoms with Gasteiger partial charge in [-0.1, -0.05) is 12.1 Å². The molecule has 8 nitrogen and oxygen atoms in total. The molecule has 5 radical (unpaired) electrons. The second kappa shape index (κ2) is 13.4. The van der Waals surface area contributed by atoms with E-state index in [2.05, 4.69) is 5.32 Å². The summed E-state index contributed by atoms with van der Waals surface area (Å²) in [6.45, 7) is 5.17. The first-order chi connectivity index (χ1) is 16.1. The van der Waals surface area contributed by atoms with Crippen molar-refractivity contribution in [2.75, 3.05) is 18.6 Å². The number of Topliss-reactive ketones (excluding diaryl/α,β-unsaturated/α-hetero) is 1. The topological polar surface area (TPSA) is 108 Å². The van der Waals surface area contributed by atoms with Crippen LogP contribution in [0.5, 0.6) is 5.75 Å². The molecular formula is C25H30NO7S. The molecule has 1 aliphatic rings. The third-order valence-electron chi connectivity index (χ3n) is 4.45. The number of esters is 2. The predicted molar refractivity (Wildman–Crippen MR) is 128 cm³/mol. The summed E-state index contributed by atoms with van der Waals surface area (Å²) in [5.41, 5.74) is 0.0277. The fraction of sp³-hybridized carbons (Fsp3) is 0.400. The van der Waals surface area contributed by atoms with Crippen LogP contribution < -0.4 is 10.1 Å². The van der Waals surface area contributed by atoms with Crippen molar-refractivity contribution in [3.05, 3.63) is 61.4 Å². The van der Waals surface area contributed by atoms with Crippen LogP contribution in [0.3, 0.4) is 0 Å². The second-order valence-corrected chi connectivity index (χ2v) is 9.55. The molecule has 183 valence electrons. The monoisotopic (exact) mass is 488 g/mol. The van der Waals surface area contributed by atoms with E-state index in [1.54, 1.807) is 57.9 Å². The third-order valence-corrected chi connectivity index (χ3v) is 5.38. The van der Waals surface area contributed by atoms with Crippen LogP contribution in [0.15, 0.2) is 24.3 Å². The number of methoxy groups -OCH3 is 1. The van der Waals surface area contributed by atoms with E-state index in [1.807, 2.05) is 12.8 Å². The van der Waals surface area contributed by atoms with E-state index < -0.39 is 29.7 Å². The molecular weight excluding hydrogens is 458 g/mol. The number of hydrogen-bond acceptors (Lipinski definition) is 8. The minimum absolute atomic E-state index is 0.0490. The smallest absolute Gasteiger partial charge is 0.408 e. The van der Waals surface area contributed by atoms with Crippen LogP contribution in [0, 0.1) is 31.6 Å². The molecule has 0 aliphatic heterocycles. The van der Waals surface area contributed by atoms with Gasteiger partial charge in [-0.3, -0.25) is 9.59 Å². The number of amides is 1. The van der Waals surface area contributed by atoms with Gasteiger partial charge in [-0.15, -0.1) is 11.8 Å². The van der Waals surface area contributed by atoms with Crippen LogP contribution in [0.1, 0.15) is 32.8 Å². The summed E-state index contributed by atoms with van der Waals surface area (Å²) >= 11 is 1.33. The number of ketones is 1. The van der Waals surface area contributed by atoms with E-state index in [-0.39, 0.29) is 18.0 Å². The molecule has 1 amide bonds. The zero-order valence-corrected chi connectivity index (χ0v) is 20.6. The Hall–Kier alpha value is -2.55. The lowest BCUT2D eigenvalue weighted by molar-refractivity contribution is -0.143. The van der Waals surface area contributed by atoms with E-state index in [4.69, 9.17) is 14.2 Å². The molecule has 2 rings (SSSR count). The summed E-state index contributed by atoms with van der Waals surface area (Å²) in [5, 5.41) is 2.52. The summed E-state index contributed by atoms with van der Waals surface area (Å²) in [6, 6.07) is 5.68. The highest BCUT2D eigenvalue weighted by Crippen LogP contribution is 2.25. The second-order valence-electron chi connectivity index (χ2n) is 8.44. The van der Waals surface area contributed by atoms with E-state index in [0.717, 1.165) is 5.56 Å². The SMILES string of the molecule is COC(=O)[C@H](Cc1ccc(OC(=O)CSCCC(=O)[C]2[CH][CH][CH][CH]2)cc1)NC(=O)OC(C)(C)C. The van der Waals surface area contributed by atoms with Gasteiger partial charge in [0.25, 0.3) is 0 Å². The first-order valence-electron chi connectivity index (χ1n) is 10.8. The number of thioether (sulfide) groups is 1. The normalized spacial score (nSPS) is 14.8. The highest BCUT2D eigenvalue weighted by Gasteiger charge is 2.26. The van der Waals surface area contributed by atoms with Crippen LogP contribution in [-0.2, 0) is 30.3 Å². The highest BCUT2D eigenvalue weighted by molar-refractivity contribution is 7.99. The number of carbonyl (C=O) groups is 4. The molecule has 0 spiro atoms. The third kappa shape index (κ3) is 10.2. The largest absolute Gasteiger partial charge is 0.467 e. The zero-order chi connectivity index (χ0) is 25.1. The molecule has 0 saturated heterocycles. The van der Waals surface area contributed by atoms with Crippen molar-refractivity contribution >= 4 is 35.6 Å². The van der Waals surface area contributed by atoms with Gasteiger partial charge >= 0.3 is 18.0 Å². The van der Waals surface area contributed by atoms with Crippen molar-refractivity contribution in [3.63, 3.8) is 0 Å². The van der Waals surface area contributed by atoms with Gasteiger partial charge in [0.1, 0.15) is 23.2 Å². The lowest BCUT2D eigenvalue weighted by atomic mass is 10.0. The van der Waals surface area contributed by atoms with Gasteiger partial charge in [0, 0.05) is 24.5 Å². The average molecular weight is 489 g/mol. The van der Waals surface area contributed by atoms with Gasteiger partial charge in [0.2, 0.25) is 0 Å². The van der Waals surface area contributed by atoms with Crippen LogP contribution in [0.25, 0.3) is 0 Å². The highest BCUT2D eigenvalue weighted by atomic mass is 32.2. The van der Waals surface area contributed by atoms with Gasteiger partial charge in [-0.25, -0.2) is 9.59 Å². The van der Waals surface area contributed by atoms with Crippen molar-refractivity contribution in [1.29, 1.82) is 0 Å². The fourth-order valence-corrected chi connectivity index (χ4v) is 3.60. The Morgan fingerprint density at radius 2 is 1.68 bits per heavy atom. The Kier molecular flexibility index (Phi) is 10.9. The lowest BCUT2D eigenvalue weighted by Gasteiger charge is -2.22. The summed E-state index contributed by atoms with van der Waals surface area (Å²) < 4.78 is 15.3. The number of benzene rings is 1. The van der Waals surface area contributed by atoms with Gasteiger partial charge in [0.15, 0.2) is 0 Å². The summed E-state index contributed by atoms with van der Waals surface area (Å²) in [7, 11) is 1.24. The molecule has 0 aromatic heterocycles. The van der Waals surface area contributed by atoms with Crippen LogP contribution >= 0.6 is 11.8 Å². The van der Waals surface area contributed by atoms with Gasteiger partial charge in [0.05, 0.1) is 12.9 Å². The van der Waals surface area contributed by atoms with Crippen LogP contribution in [0.2, 0.25) is 0 Å². The summed E-state index contributed by atoms with van der Waals surface area (Å²) in [6.07, 6.45) is 6.98. The number of nitrogens with one attached hydrogen (secondary N) is 1. The first kappa shape index (κ1) is 27.7. The summed E-state index contributed by atoms with van der Waals surface area (Å²) in [4.78, 5) is 48.1. The molecule has 1 aromatic carbocycles. The van der Waals surface area contributed by atoms with Crippen molar-refractivity contribution < 1.29 is 33.4 Å². The van der Waals surface area contributed by atoms with Crippen LogP contribution in [-0.4, -0.2) is 54.1 Å². The van der Waals surface area contributed by atoms with Crippen molar-refractivity contribution in [2.24, 2.45) is 0 Å². The lowest BCUT2D eigenvalue weighted by Crippen LogP contribution is -2.45. The van der Waals surface area contributed by atoms with Crippen LogP contribution in [0.4, 0.5) is 4.79 Å². The molecule has 1 saturated carbocycles. The maximum absolute atomic E-state index is 12.1. The molecule has 1 aliphatic carbocycles. The average Bonchev–Trinajstić information content (AvgIpc) is 3.30. The van der Waals surface area contributed by atoms with Crippen molar-refractivity contribution in [3.8, 4) is 5.75 Å². The summed E-state index contributed by atoms with van der Waals surface area (Å²) in [5.74, 6) is 0.717. The molecule has 0 bridgehead atoms. The zero-order valence-electron chi connectivity index (χ0n) is 19.8. The molecule has 1 aromatic rings. The first-order valence-corrected chi connectivity index (χ1v) is 11.9. The minimum Gasteiger partial charge on any atom is -0.467 e. The number of carbonyl (C=O) groups excluding carboxylic acids is 4. The fourth-order valence-electron chi connectivity index (χ4n) is 2.90. The Morgan fingerprint density at radius 3 is 2.26 bits per heavy atom. The quantitative estimate of drug-likeness (QED) is 0.287. The molecule has 1 N–H and O–H groups in total. The molecule has 1 atom stereocenters. The predicted octanol–water partition coefficient (Wildman–Crippen LogP) is 3.30. The Labute approximate surface area is 205 Å². The number of hydrogen-bond donors (Lipinski definition) is 1. The molecule has 1 fully saturated rings.